The first kappa shape index (κ1) is 11.8. The van der Waals surface area contributed by atoms with E-state index in [4.69, 9.17) is 4.74 Å². The molecule has 2 bridgehead atoms. The van der Waals surface area contributed by atoms with Gasteiger partial charge >= 0.3 is 5.97 Å². The minimum atomic E-state index is -0.264. The van der Waals surface area contributed by atoms with Crippen LogP contribution in [-0.2, 0) is 14.3 Å². The molecule has 1 heterocycles. The van der Waals surface area contributed by atoms with Gasteiger partial charge in [-0.1, -0.05) is 0 Å². The Morgan fingerprint density at radius 3 is 2.75 bits per heavy atom. The second-order valence-corrected chi connectivity index (χ2v) is 5.96. The molecule has 2 N–H and O–H groups in total. The first-order chi connectivity index (χ1) is 9.63. The van der Waals surface area contributed by atoms with Gasteiger partial charge in [-0.15, -0.1) is 0 Å². The molecule has 1 aromatic rings. The summed E-state index contributed by atoms with van der Waals surface area (Å²) < 4.78 is 5.33. The van der Waals surface area contributed by atoms with Gasteiger partial charge in [-0.2, -0.15) is 0 Å². The van der Waals surface area contributed by atoms with Crippen LogP contribution in [0, 0.1) is 23.7 Å². The highest BCUT2D eigenvalue weighted by Gasteiger charge is 2.63. The molecule has 2 saturated carbocycles. The minimum Gasteiger partial charge on any atom is -0.508 e. The van der Waals surface area contributed by atoms with Crippen LogP contribution in [0.4, 0.5) is 5.69 Å². The number of hydrogen-bond acceptors (Lipinski definition) is 4. The summed E-state index contributed by atoms with van der Waals surface area (Å²) in [5.41, 5.74) is 0.637. The van der Waals surface area contributed by atoms with Gasteiger partial charge in [0.25, 0.3) is 0 Å². The van der Waals surface area contributed by atoms with Crippen LogP contribution in [0.15, 0.2) is 24.3 Å². The molecule has 3 aliphatic rings. The normalized spacial score (nSPS) is 37.0. The van der Waals surface area contributed by atoms with Crippen molar-refractivity contribution in [1.29, 1.82) is 0 Å². The standard InChI is InChI=1S/C15H15NO4/c17-9-3-1-8(2-4-9)16-14(18)12-7-5-10-11(6-7)20-15(19)13(10)12/h1-4,7,10-13,17H,5-6H2,(H,16,18)/t7-,10-,11-,12+,13+/m1/s1. The van der Waals surface area contributed by atoms with E-state index < -0.39 is 0 Å². The summed E-state index contributed by atoms with van der Waals surface area (Å²) in [7, 11) is 0. The Morgan fingerprint density at radius 2 is 2.00 bits per heavy atom. The van der Waals surface area contributed by atoms with Crippen molar-refractivity contribution in [2.75, 3.05) is 5.32 Å². The smallest absolute Gasteiger partial charge is 0.310 e. The number of nitrogens with one attached hydrogen (secondary N) is 1. The van der Waals surface area contributed by atoms with Crippen LogP contribution < -0.4 is 5.32 Å². The molecule has 5 nitrogen and oxygen atoms in total. The van der Waals surface area contributed by atoms with E-state index in [0.717, 1.165) is 12.8 Å². The molecule has 5 atom stereocenters. The highest BCUT2D eigenvalue weighted by Crippen LogP contribution is 2.57. The van der Waals surface area contributed by atoms with E-state index in [1.54, 1.807) is 12.1 Å². The fourth-order valence-electron chi connectivity index (χ4n) is 4.13. The molecule has 2 aliphatic carbocycles. The maximum absolute atomic E-state index is 12.4. The Morgan fingerprint density at radius 1 is 1.25 bits per heavy atom. The molecule has 1 saturated heterocycles. The number of benzene rings is 1. The van der Waals surface area contributed by atoms with E-state index in [-0.39, 0.29) is 47.4 Å². The SMILES string of the molecule is O=C(Nc1ccc(O)cc1)[C@H]1[C@@H]2C[C@H]3[C@@H]1C(=O)O[C@@H]3C2. The maximum Gasteiger partial charge on any atom is 0.310 e. The summed E-state index contributed by atoms with van der Waals surface area (Å²) >= 11 is 0. The topological polar surface area (TPSA) is 75.6 Å². The van der Waals surface area contributed by atoms with Crippen LogP contribution in [0.25, 0.3) is 0 Å². The van der Waals surface area contributed by atoms with Crippen molar-refractivity contribution in [2.24, 2.45) is 23.7 Å². The van der Waals surface area contributed by atoms with Gasteiger partial charge in [0.15, 0.2) is 0 Å². The average molecular weight is 273 g/mol. The largest absolute Gasteiger partial charge is 0.508 e. The lowest BCUT2D eigenvalue weighted by atomic mass is 9.79. The van der Waals surface area contributed by atoms with Crippen molar-refractivity contribution in [3.8, 4) is 5.75 Å². The van der Waals surface area contributed by atoms with Gasteiger partial charge in [0, 0.05) is 11.6 Å². The van der Waals surface area contributed by atoms with E-state index >= 15 is 0 Å². The molecule has 3 fully saturated rings. The average Bonchev–Trinajstić information content (AvgIpc) is 3.02. The molecule has 5 heteroatoms. The second-order valence-electron chi connectivity index (χ2n) is 5.96. The molecule has 104 valence electrons. The van der Waals surface area contributed by atoms with Crippen molar-refractivity contribution < 1.29 is 19.4 Å². The lowest BCUT2D eigenvalue weighted by molar-refractivity contribution is -0.145. The van der Waals surface area contributed by atoms with Crippen LogP contribution in [0.5, 0.6) is 5.75 Å². The monoisotopic (exact) mass is 273 g/mol. The van der Waals surface area contributed by atoms with Crippen LogP contribution in [0.3, 0.4) is 0 Å². The molecule has 0 aromatic heterocycles. The van der Waals surface area contributed by atoms with E-state index in [9.17, 15) is 14.7 Å². The molecular formula is C15H15NO4. The summed E-state index contributed by atoms with van der Waals surface area (Å²) in [4.78, 5) is 24.3. The molecular weight excluding hydrogens is 258 g/mol. The van der Waals surface area contributed by atoms with E-state index in [2.05, 4.69) is 5.32 Å². The van der Waals surface area contributed by atoms with Gasteiger partial charge in [-0.25, -0.2) is 0 Å². The Kier molecular flexibility index (Phi) is 2.34. The predicted octanol–water partition coefficient (Wildman–Crippen LogP) is 1.53. The predicted molar refractivity (Wildman–Crippen MR) is 69.8 cm³/mol. The number of carbonyl (C=O) groups excluding carboxylic acids is 2. The summed E-state index contributed by atoms with van der Waals surface area (Å²) in [6.07, 6.45) is 1.80. The highest BCUT2D eigenvalue weighted by atomic mass is 16.6. The van der Waals surface area contributed by atoms with Crippen molar-refractivity contribution >= 4 is 17.6 Å². The minimum absolute atomic E-state index is 0.0511. The molecule has 1 amide bonds. The number of aromatic hydroxyl groups is 1. The number of anilines is 1. The zero-order chi connectivity index (χ0) is 13.9. The number of hydrogen-bond donors (Lipinski definition) is 2. The zero-order valence-electron chi connectivity index (χ0n) is 10.8. The highest BCUT2D eigenvalue weighted by molar-refractivity contribution is 5.96. The molecule has 0 spiro atoms. The molecule has 0 radical (unpaired) electrons. The first-order valence-corrected chi connectivity index (χ1v) is 6.94. The number of phenols is 1. The van der Waals surface area contributed by atoms with E-state index in [1.165, 1.54) is 12.1 Å². The third kappa shape index (κ3) is 1.55. The zero-order valence-corrected chi connectivity index (χ0v) is 10.8. The molecule has 1 aliphatic heterocycles. The Bertz CT molecular complexity index is 580. The van der Waals surface area contributed by atoms with Crippen LogP contribution in [-0.4, -0.2) is 23.1 Å². The van der Waals surface area contributed by atoms with Crippen LogP contribution in [0.1, 0.15) is 12.8 Å². The summed E-state index contributed by atoms with van der Waals surface area (Å²) in [5.74, 6) is -0.168. The van der Waals surface area contributed by atoms with Gasteiger partial charge in [0.1, 0.15) is 11.9 Å². The number of phenolic OH excluding ortho intramolecular Hbond substituents is 1. The third-order valence-corrected chi connectivity index (χ3v) is 4.92. The van der Waals surface area contributed by atoms with E-state index in [1.807, 2.05) is 0 Å². The number of rotatable bonds is 2. The van der Waals surface area contributed by atoms with Gasteiger partial charge in [-0.3, -0.25) is 9.59 Å². The van der Waals surface area contributed by atoms with Gasteiger partial charge < -0.3 is 15.2 Å². The van der Waals surface area contributed by atoms with Crippen molar-refractivity contribution in [2.45, 2.75) is 18.9 Å². The lowest BCUT2D eigenvalue weighted by Gasteiger charge is -2.23. The van der Waals surface area contributed by atoms with Crippen LogP contribution in [0.2, 0.25) is 0 Å². The summed E-state index contributed by atoms with van der Waals surface area (Å²) in [6, 6.07) is 6.35. The van der Waals surface area contributed by atoms with Crippen molar-refractivity contribution in [3.05, 3.63) is 24.3 Å². The molecule has 1 aromatic carbocycles. The number of fused-ring (bicyclic) bond motifs is 1. The molecule has 0 unspecified atom stereocenters. The lowest BCUT2D eigenvalue weighted by Crippen LogP contribution is -2.35. The third-order valence-electron chi connectivity index (χ3n) is 4.92. The van der Waals surface area contributed by atoms with Crippen molar-refractivity contribution in [3.63, 3.8) is 0 Å². The molecule has 20 heavy (non-hydrogen) atoms. The quantitative estimate of drug-likeness (QED) is 0.633. The van der Waals surface area contributed by atoms with Gasteiger partial charge in [0.05, 0.1) is 11.8 Å². The Labute approximate surface area is 115 Å². The fourth-order valence-corrected chi connectivity index (χ4v) is 4.13. The van der Waals surface area contributed by atoms with Crippen LogP contribution >= 0.6 is 0 Å². The first-order valence-electron chi connectivity index (χ1n) is 6.94. The number of esters is 1. The van der Waals surface area contributed by atoms with Crippen molar-refractivity contribution in [1.82, 2.24) is 0 Å². The maximum atomic E-state index is 12.4. The fraction of sp³-hybridized carbons (Fsp3) is 0.467. The second kappa shape index (κ2) is 3.98. The number of ether oxygens (including phenoxy) is 1. The van der Waals surface area contributed by atoms with E-state index in [0.29, 0.717) is 5.69 Å². The summed E-state index contributed by atoms with van der Waals surface area (Å²) in [5, 5.41) is 12.1. The Balaban J connectivity index is 1.54. The number of carbonyl (C=O) groups is 2. The van der Waals surface area contributed by atoms with Gasteiger partial charge in [-0.05, 0) is 43.0 Å². The summed E-state index contributed by atoms with van der Waals surface area (Å²) in [6.45, 7) is 0. The Hall–Kier alpha value is -2.04. The van der Waals surface area contributed by atoms with Gasteiger partial charge in [0.2, 0.25) is 5.91 Å². The number of amides is 1. The molecule has 4 rings (SSSR count).